The molecule has 1 heterocycles. The summed E-state index contributed by atoms with van der Waals surface area (Å²) in [6.07, 6.45) is 0.404. The number of nitrogens with zero attached hydrogens (tertiary/aromatic N) is 4. The van der Waals surface area contributed by atoms with Gasteiger partial charge in [-0.15, -0.1) is 10.2 Å². The van der Waals surface area contributed by atoms with Gasteiger partial charge in [0, 0.05) is 0 Å². The van der Waals surface area contributed by atoms with Crippen LogP contribution in [0.5, 0.6) is 0 Å². The van der Waals surface area contributed by atoms with Crippen LogP contribution >= 0.6 is 0 Å². The van der Waals surface area contributed by atoms with E-state index in [0.29, 0.717) is 12.2 Å². The number of tetrazole rings is 1. The maximum absolute atomic E-state index is 11.9. The number of amidine groups is 1. The lowest BCUT2D eigenvalue weighted by Crippen LogP contribution is -2.47. The van der Waals surface area contributed by atoms with Gasteiger partial charge in [0.05, 0.1) is 6.54 Å². The van der Waals surface area contributed by atoms with Crippen LogP contribution in [-0.4, -0.2) is 37.6 Å². The molecule has 1 rings (SSSR count). The van der Waals surface area contributed by atoms with Gasteiger partial charge >= 0.3 is 0 Å². The van der Waals surface area contributed by atoms with Gasteiger partial charge in [-0.2, -0.15) is 5.21 Å². The molecule has 0 aliphatic carbocycles. The van der Waals surface area contributed by atoms with Gasteiger partial charge in [0.1, 0.15) is 5.41 Å². The van der Waals surface area contributed by atoms with Crippen molar-refractivity contribution >= 4 is 11.7 Å². The number of nitrogens with one attached hydrogen (secondary N) is 2. The predicted octanol–water partition coefficient (Wildman–Crippen LogP) is -1.02. The van der Waals surface area contributed by atoms with Gasteiger partial charge < -0.3 is 16.3 Å². The molecule has 0 saturated carbocycles. The quantitative estimate of drug-likeness (QED) is 0.225. The third-order valence-electron chi connectivity index (χ3n) is 2.68. The first-order valence-electron chi connectivity index (χ1n) is 5.03. The SMILES string of the molecule is CCC(C)(C(=O)NCc1nn[nH]n1)C(N)=NO. The topological polar surface area (TPSA) is 142 Å². The molecule has 0 aliphatic rings. The number of aromatic nitrogens is 4. The van der Waals surface area contributed by atoms with E-state index in [1.807, 2.05) is 0 Å². The number of carbonyl (C=O) groups is 1. The van der Waals surface area contributed by atoms with Crippen molar-refractivity contribution in [2.45, 2.75) is 26.8 Å². The van der Waals surface area contributed by atoms with Gasteiger partial charge in [0.2, 0.25) is 5.91 Å². The monoisotopic (exact) mass is 241 g/mol. The van der Waals surface area contributed by atoms with Crippen molar-refractivity contribution in [3.05, 3.63) is 5.82 Å². The van der Waals surface area contributed by atoms with Crippen molar-refractivity contribution in [1.29, 1.82) is 0 Å². The Morgan fingerprint density at radius 2 is 2.41 bits per heavy atom. The minimum Gasteiger partial charge on any atom is -0.409 e. The third kappa shape index (κ3) is 2.68. The molecular weight excluding hydrogens is 226 g/mol. The van der Waals surface area contributed by atoms with Gasteiger partial charge in [-0.05, 0) is 13.3 Å². The lowest BCUT2D eigenvalue weighted by Gasteiger charge is -2.24. The molecule has 0 spiro atoms. The summed E-state index contributed by atoms with van der Waals surface area (Å²) in [7, 11) is 0. The van der Waals surface area contributed by atoms with Crippen LogP contribution in [0.4, 0.5) is 0 Å². The molecule has 0 radical (unpaired) electrons. The van der Waals surface area contributed by atoms with E-state index in [-0.39, 0.29) is 18.3 Å². The number of nitrogens with two attached hydrogens (primary N) is 1. The highest BCUT2D eigenvalue weighted by molar-refractivity contribution is 6.06. The number of amides is 1. The van der Waals surface area contributed by atoms with E-state index in [9.17, 15) is 4.79 Å². The Morgan fingerprint density at radius 1 is 1.71 bits per heavy atom. The number of oxime groups is 1. The Balaban J connectivity index is 2.67. The molecular formula is C8H15N7O2. The fourth-order valence-corrected chi connectivity index (χ4v) is 1.18. The molecule has 1 aromatic rings. The number of H-pyrrole nitrogens is 1. The van der Waals surface area contributed by atoms with E-state index < -0.39 is 5.41 Å². The van der Waals surface area contributed by atoms with E-state index >= 15 is 0 Å². The molecule has 0 aliphatic heterocycles. The average Bonchev–Trinajstić information content (AvgIpc) is 2.86. The summed E-state index contributed by atoms with van der Waals surface area (Å²) in [6.45, 7) is 3.49. The third-order valence-corrected chi connectivity index (χ3v) is 2.68. The van der Waals surface area contributed by atoms with E-state index in [4.69, 9.17) is 10.9 Å². The van der Waals surface area contributed by atoms with Crippen LogP contribution in [0.25, 0.3) is 0 Å². The van der Waals surface area contributed by atoms with Crippen LogP contribution < -0.4 is 11.1 Å². The summed E-state index contributed by atoms with van der Waals surface area (Å²) < 4.78 is 0. The lowest BCUT2D eigenvalue weighted by atomic mass is 9.85. The number of hydrogen-bond donors (Lipinski definition) is 4. The average molecular weight is 241 g/mol. The van der Waals surface area contributed by atoms with Crippen LogP contribution in [0.2, 0.25) is 0 Å². The minimum absolute atomic E-state index is 0.129. The lowest BCUT2D eigenvalue weighted by molar-refractivity contribution is -0.127. The minimum atomic E-state index is -1.06. The molecule has 1 unspecified atom stereocenters. The van der Waals surface area contributed by atoms with Gasteiger partial charge in [-0.1, -0.05) is 17.3 Å². The number of aromatic amines is 1. The Morgan fingerprint density at radius 3 is 2.88 bits per heavy atom. The molecule has 1 amide bonds. The molecule has 0 saturated heterocycles. The summed E-state index contributed by atoms with van der Waals surface area (Å²) in [5.41, 5.74) is 4.44. The van der Waals surface area contributed by atoms with Crippen molar-refractivity contribution in [2.24, 2.45) is 16.3 Å². The first kappa shape index (κ1) is 12.9. The number of hydrogen-bond acceptors (Lipinski definition) is 6. The molecule has 9 nitrogen and oxygen atoms in total. The molecule has 94 valence electrons. The fraction of sp³-hybridized carbons (Fsp3) is 0.625. The Kier molecular flexibility index (Phi) is 3.96. The van der Waals surface area contributed by atoms with Crippen LogP contribution in [0.3, 0.4) is 0 Å². The number of rotatable bonds is 5. The van der Waals surface area contributed by atoms with Gasteiger partial charge in [0.15, 0.2) is 11.7 Å². The number of carbonyl (C=O) groups excluding carboxylic acids is 1. The van der Waals surface area contributed by atoms with E-state index in [2.05, 4.69) is 31.1 Å². The zero-order valence-corrected chi connectivity index (χ0v) is 9.64. The summed E-state index contributed by atoms with van der Waals surface area (Å²) in [4.78, 5) is 11.9. The second-order valence-electron chi connectivity index (χ2n) is 3.68. The standard InChI is InChI=1S/C8H15N7O2/c1-3-8(2,6(9)13-17)7(16)10-4-5-11-14-15-12-5/h17H,3-4H2,1-2H3,(H2,9,13)(H,10,16)(H,11,12,14,15). The molecule has 1 atom stereocenters. The molecule has 17 heavy (non-hydrogen) atoms. The fourth-order valence-electron chi connectivity index (χ4n) is 1.18. The van der Waals surface area contributed by atoms with Crippen molar-refractivity contribution < 1.29 is 10.0 Å². The molecule has 9 heteroatoms. The maximum Gasteiger partial charge on any atom is 0.234 e. The Bertz CT molecular complexity index is 402. The largest absolute Gasteiger partial charge is 0.409 e. The van der Waals surface area contributed by atoms with E-state index in [0.717, 1.165) is 0 Å². The Labute approximate surface area is 97.5 Å². The Hall–Kier alpha value is -2.19. The van der Waals surface area contributed by atoms with Crippen molar-refractivity contribution in [1.82, 2.24) is 25.9 Å². The molecule has 0 bridgehead atoms. The van der Waals surface area contributed by atoms with Crippen molar-refractivity contribution in [3.8, 4) is 0 Å². The highest BCUT2D eigenvalue weighted by Gasteiger charge is 2.36. The van der Waals surface area contributed by atoms with Gasteiger partial charge in [-0.25, -0.2) is 0 Å². The normalized spacial score (nSPS) is 15.3. The van der Waals surface area contributed by atoms with Crippen molar-refractivity contribution in [2.75, 3.05) is 0 Å². The highest BCUT2D eigenvalue weighted by atomic mass is 16.4. The molecule has 5 N–H and O–H groups in total. The second-order valence-corrected chi connectivity index (χ2v) is 3.68. The van der Waals surface area contributed by atoms with Crippen LogP contribution in [0.1, 0.15) is 26.1 Å². The van der Waals surface area contributed by atoms with Crippen LogP contribution in [0, 0.1) is 5.41 Å². The van der Waals surface area contributed by atoms with E-state index in [1.54, 1.807) is 13.8 Å². The molecule has 1 aromatic heterocycles. The molecule has 0 fully saturated rings. The second kappa shape index (κ2) is 5.23. The molecule has 0 aromatic carbocycles. The van der Waals surface area contributed by atoms with Gasteiger partial charge in [0.25, 0.3) is 0 Å². The first-order chi connectivity index (χ1) is 8.04. The smallest absolute Gasteiger partial charge is 0.234 e. The van der Waals surface area contributed by atoms with Crippen LogP contribution in [-0.2, 0) is 11.3 Å². The predicted molar refractivity (Wildman–Crippen MR) is 57.8 cm³/mol. The van der Waals surface area contributed by atoms with Crippen molar-refractivity contribution in [3.63, 3.8) is 0 Å². The zero-order valence-electron chi connectivity index (χ0n) is 9.64. The maximum atomic E-state index is 11.9. The first-order valence-corrected chi connectivity index (χ1v) is 5.03. The summed E-state index contributed by atoms with van der Waals surface area (Å²) in [5, 5.41) is 27.1. The highest BCUT2D eigenvalue weighted by Crippen LogP contribution is 2.21. The summed E-state index contributed by atoms with van der Waals surface area (Å²) in [6, 6.07) is 0. The van der Waals surface area contributed by atoms with Crippen LogP contribution in [0.15, 0.2) is 5.16 Å². The summed E-state index contributed by atoms with van der Waals surface area (Å²) in [5.74, 6) is -0.137. The van der Waals surface area contributed by atoms with Gasteiger partial charge in [-0.3, -0.25) is 4.79 Å². The van der Waals surface area contributed by atoms with E-state index in [1.165, 1.54) is 0 Å². The zero-order chi connectivity index (χ0) is 12.9. The summed E-state index contributed by atoms with van der Waals surface area (Å²) >= 11 is 0.